The Labute approximate surface area is 242 Å². The summed E-state index contributed by atoms with van der Waals surface area (Å²) >= 11 is 0. The molecule has 41 heavy (non-hydrogen) atoms. The van der Waals surface area contributed by atoms with Crippen molar-refractivity contribution in [1.29, 1.82) is 0 Å². The second-order valence-electron chi connectivity index (χ2n) is 13.3. The monoisotopic (exact) mass is 561 g/mol. The third-order valence-electron chi connectivity index (χ3n) is 9.09. The van der Waals surface area contributed by atoms with Gasteiger partial charge < -0.3 is 24.5 Å². The molecule has 4 atom stereocenters. The molecule has 0 radical (unpaired) electrons. The Morgan fingerprint density at radius 1 is 1.00 bits per heavy atom. The maximum Gasteiger partial charge on any atom is 0.410 e. The first-order chi connectivity index (χ1) is 19.6. The van der Waals surface area contributed by atoms with Gasteiger partial charge in [0.15, 0.2) is 0 Å². The van der Waals surface area contributed by atoms with Crippen LogP contribution in [0.25, 0.3) is 0 Å². The molecule has 4 aliphatic rings. The highest BCUT2D eigenvalue weighted by atomic mass is 16.6. The molecule has 2 aliphatic heterocycles. The number of fused-ring (bicyclic) bond motifs is 1. The summed E-state index contributed by atoms with van der Waals surface area (Å²) in [5, 5.41) is 10.4. The molecule has 0 spiro atoms. The molecule has 0 bridgehead atoms. The Morgan fingerprint density at radius 3 is 2.37 bits per heavy atom. The Bertz CT molecular complexity index is 1280. The van der Waals surface area contributed by atoms with Crippen molar-refractivity contribution in [2.24, 2.45) is 0 Å². The number of hydrogen-bond acceptors (Lipinski definition) is 7. The predicted molar refractivity (Wildman–Crippen MR) is 156 cm³/mol. The zero-order chi connectivity index (χ0) is 28.9. The molecule has 1 N–H and O–H groups in total. The number of likely N-dealkylation sites (tertiary alicyclic amines) is 1. The summed E-state index contributed by atoms with van der Waals surface area (Å²) < 4.78 is 5.76. The SMILES string of the molecule is C[C@@H]1C[C@@H](O)c2ncnc(N3CCN(C(=O)[C@@H](c4ccc(C5CC5)cc4)C4CCCN4C(=O)OC(C)(C)C)CC3)c21. The normalized spacial score (nSPS) is 25.3. The van der Waals surface area contributed by atoms with Gasteiger partial charge in [0, 0.05) is 38.3 Å². The van der Waals surface area contributed by atoms with Crippen LogP contribution in [0.3, 0.4) is 0 Å². The van der Waals surface area contributed by atoms with Crippen LogP contribution in [0, 0.1) is 0 Å². The van der Waals surface area contributed by atoms with Crippen molar-refractivity contribution in [3.8, 4) is 0 Å². The van der Waals surface area contributed by atoms with E-state index in [1.165, 1.54) is 18.4 Å². The van der Waals surface area contributed by atoms with Gasteiger partial charge in [-0.25, -0.2) is 14.8 Å². The quantitative estimate of drug-likeness (QED) is 0.564. The molecule has 1 saturated carbocycles. The standard InChI is InChI=1S/C32H43N5O4/c1-20-18-25(38)28-26(20)29(34-19-33-28)35-14-16-36(17-15-35)30(39)27(23-11-9-22(10-12-23)21-7-8-21)24-6-5-13-37(24)31(40)41-32(2,3)4/h9-12,19-21,24-25,27,38H,5-8,13-18H2,1-4H3/t20-,24?,25-,27+/m1/s1. The van der Waals surface area contributed by atoms with Gasteiger partial charge >= 0.3 is 6.09 Å². The molecule has 6 rings (SSSR count). The van der Waals surface area contributed by atoms with Gasteiger partial charge in [-0.3, -0.25) is 4.79 Å². The Kier molecular flexibility index (Phi) is 7.42. The van der Waals surface area contributed by atoms with Gasteiger partial charge in [-0.05, 0) is 75.8 Å². The third kappa shape index (κ3) is 5.65. The van der Waals surface area contributed by atoms with Crippen molar-refractivity contribution in [3.63, 3.8) is 0 Å². The number of anilines is 1. The predicted octanol–water partition coefficient (Wildman–Crippen LogP) is 4.73. The van der Waals surface area contributed by atoms with Gasteiger partial charge in [0.05, 0.1) is 23.8 Å². The van der Waals surface area contributed by atoms with Crippen molar-refractivity contribution in [3.05, 3.63) is 53.0 Å². The lowest BCUT2D eigenvalue weighted by Crippen LogP contribution is -2.53. The number of carbonyl (C=O) groups is 2. The summed E-state index contributed by atoms with van der Waals surface area (Å²) in [6.07, 6.45) is 5.40. The van der Waals surface area contributed by atoms with Crippen LogP contribution in [0.5, 0.6) is 0 Å². The van der Waals surface area contributed by atoms with Crippen LogP contribution in [-0.2, 0) is 9.53 Å². The summed E-state index contributed by atoms with van der Waals surface area (Å²) in [5.74, 6) is 1.35. The lowest BCUT2D eigenvalue weighted by atomic mass is 9.87. The maximum atomic E-state index is 14.4. The van der Waals surface area contributed by atoms with Gasteiger partial charge in [0.2, 0.25) is 5.91 Å². The third-order valence-corrected chi connectivity index (χ3v) is 9.09. The molecule has 1 aromatic carbocycles. The first-order valence-corrected chi connectivity index (χ1v) is 15.3. The molecule has 1 aromatic heterocycles. The minimum atomic E-state index is -0.597. The van der Waals surface area contributed by atoms with E-state index >= 15 is 0 Å². The maximum absolute atomic E-state index is 14.4. The zero-order valence-electron chi connectivity index (χ0n) is 24.8. The van der Waals surface area contributed by atoms with Crippen LogP contribution in [0.1, 0.15) is 106 Å². The first kappa shape index (κ1) is 27.9. The van der Waals surface area contributed by atoms with Gasteiger partial charge in [0.25, 0.3) is 0 Å². The summed E-state index contributed by atoms with van der Waals surface area (Å²) in [5.41, 5.74) is 3.48. The number of aliphatic hydroxyl groups excluding tert-OH is 1. The van der Waals surface area contributed by atoms with Crippen LogP contribution in [0.15, 0.2) is 30.6 Å². The lowest BCUT2D eigenvalue weighted by molar-refractivity contribution is -0.134. The highest BCUT2D eigenvalue weighted by Crippen LogP contribution is 2.43. The lowest BCUT2D eigenvalue weighted by Gasteiger charge is -2.40. The number of amides is 2. The number of rotatable bonds is 5. The Hall–Kier alpha value is -3.20. The fraction of sp³-hybridized carbons (Fsp3) is 0.625. The summed E-state index contributed by atoms with van der Waals surface area (Å²) in [6, 6.07) is 8.31. The van der Waals surface area contributed by atoms with Crippen molar-refractivity contribution in [1.82, 2.24) is 19.8 Å². The molecule has 9 nitrogen and oxygen atoms in total. The fourth-order valence-electron chi connectivity index (χ4n) is 6.90. The average Bonchev–Trinajstić information content (AvgIpc) is 3.61. The topological polar surface area (TPSA) is 99.1 Å². The summed E-state index contributed by atoms with van der Waals surface area (Å²) in [7, 11) is 0. The number of ether oxygens (including phenoxy) is 1. The van der Waals surface area contributed by atoms with Crippen LogP contribution >= 0.6 is 0 Å². The van der Waals surface area contributed by atoms with Crippen molar-refractivity contribution >= 4 is 17.8 Å². The molecule has 2 amide bonds. The van der Waals surface area contributed by atoms with E-state index in [0.29, 0.717) is 45.1 Å². The van der Waals surface area contributed by atoms with Gasteiger partial charge in [-0.15, -0.1) is 0 Å². The van der Waals surface area contributed by atoms with E-state index in [2.05, 4.69) is 46.1 Å². The van der Waals surface area contributed by atoms with Crippen molar-refractivity contribution in [2.75, 3.05) is 37.6 Å². The fourth-order valence-corrected chi connectivity index (χ4v) is 6.90. The average molecular weight is 562 g/mol. The van der Waals surface area contributed by atoms with Crippen LogP contribution in [0.4, 0.5) is 10.6 Å². The van der Waals surface area contributed by atoms with Crippen molar-refractivity contribution in [2.45, 2.75) is 95.3 Å². The number of aliphatic hydroxyl groups is 1. The molecule has 2 aromatic rings. The van der Waals surface area contributed by atoms with Crippen LogP contribution in [-0.4, -0.2) is 81.2 Å². The van der Waals surface area contributed by atoms with Crippen LogP contribution in [0.2, 0.25) is 0 Å². The second kappa shape index (κ2) is 10.9. The number of carbonyl (C=O) groups excluding carboxylic acids is 2. The Balaban J connectivity index is 1.23. The molecule has 1 unspecified atom stereocenters. The zero-order valence-corrected chi connectivity index (χ0v) is 24.8. The summed E-state index contributed by atoms with van der Waals surface area (Å²) in [4.78, 5) is 42.5. The van der Waals surface area contributed by atoms with Crippen molar-refractivity contribution < 1.29 is 19.4 Å². The van der Waals surface area contributed by atoms with E-state index < -0.39 is 17.6 Å². The molecule has 3 fully saturated rings. The molecule has 9 heteroatoms. The molecular formula is C32H43N5O4. The summed E-state index contributed by atoms with van der Waals surface area (Å²) in [6.45, 7) is 10.8. The largest absolute Gasteiger partial charge is 0.444 e. The van der Waals surface area contributed by atoms with Crippen LogP contribution < -0.4 is 4.90 Å². The van der Waals surface area contributed by atoms with Gasteiger partial charge in [0.1, 0.15) is 17.7 Å². The Morgan fingerprint density at radius 2 is 1.71 bits per heavy atom. The number of piperazine rings is 1. The van der Waals surface area contributed by atoms with E-state index in [1.54, 1.807) is 11.2 Å². The molecule has 2 saturated heterocycles. The minimum Gasteiger partial charge on any atom is -0.444 e. The molecule has 2 aliphatic carbocycles. The van der Waals surface area contributed by atoms with E-state index in [-0.39, 0.29) is 24.0 Å². The van der Waals surface area contributed by atoms with Gasteiger partial charge in [-0.2, -0.15) is 0 Å². The van der Waals surface area contributed by atoms with E-state index in [1.807, 2.05) is 25.7 Å². The van der Waals surface area contributed by atoms with E-state index in [9.17, 15) is 14.7 Å². The molecular weight excluding hydrogens is 518 g/mol. The number of benzene rings is 1. The minimum absolute atomic E-state index is 0.0704. The number of aromatic nitrogens is 2. The smallest absolute Gasteiger partial charge is 0.410 e. The molecule has 3 heterocycles. The van der Waals surface area contributed by atoms with E-state index in [0.717, 1.165) is 35.5 Å². The number of hydrogen-bond donors (Lipinski definition) is 1. The van der Waals surface area contributed by atoms with Gasteiger partial charge in [-0.1, -0.05) is 31.2 Å². The second-order valence-corrected chi connectivity index (χ2v) is 13.3. The molecule has 220 valence electrons. The highest BCUT2D eigenvalue weighted by molar-refractivity contribution is 5.86. The number of nitrogens with zero attached hydrogens (tertiary/aromatic N) is 5. The first-order valence-electron chi connectivity index (χ1n) is 15.3. The highest BCUT2D eigenvalue weighted by Gasteiger charge is 2.43. The van der Waals surface area contributed by atoms with E-state index in [4.69, 9.17) is 4.74 Å².